The van der Waals surface area contributed by atoms with Crippen molar-refractivity contribution < 1.29 is 9.32 Å². The van der Waals surface area contributed by atoms with Gasteiger partial charge in [0.25, 0.3) is 0 Å². The summed E-state index contributed by atoms with van der Waals surface area (Å²) >= 11 is 0. The van der Waals surface area contributed by atoms with E-state index in [9.17, 15) is 4.79 Å². The van der Waals surface area contributed by atoms with Gasteiger partial charge in [0, 0.05) is 45.6 Å². The summed E-state index contributed by atoms with van der Waals surface area (Å²) in [5.74, 6) is 1.25. The number of carbonyl (C=O) groups excluding carboxylic acids is 1. The van der Waals surface area contributed by atoms with Crippen LogP contribution in [0.25, 0.3) is 5.57 Å². The fourth-order valence-corrected chi connectivity index (χ4v) is 4.28. The van der Waals surface area contributed by atoms with Crippen LogP contribution in [0.2, 0.25) is 0 Å². The minimum Gasteiger partial charge on any atom is -0.355 e. The first-order valence-electron chi connectivity index (χ1n) is 11.4. The molecule has 3 heterocycles. The Morgan fingerprint density at radius 1 is 1.19 bits per heavy atom. The minimum atomic E-state index is 0.0441. The van der Waals surface area contributed by atoms with Crippen molar-refractivity contribution in [2.45, 2.75) is 45.6 Å². The number of aryl methyl sites for hydroxylation is 2. The maximum Gasteiger partial charge on any atom is 0.227 e. The molecule has 1 N–H and O–H groups in total. The van der Waals surface area contributed by atoms with Crippen molar-refractivity contribution in [3.63, 3.8) is 0 Å². The van der Waals surface area contributed by atoms with Crippen molar-refractivity contribution in [1.29, 1.82) is 0 Å². The smallest absolute Gasteiger partial charge is 0.227 e. The highest BCUT2D eigenvalue weighted by atomic mass is 16.5. The molecule has 7 nitrogen and oxygen atoms in total. The fourth-order valence-electron chi connectivity index (χ4n) is 4.28. The highest BCUT2D eigenvalue weighted by Crippen LogP contribution is 2.21. The number of hydrogen-bond acceptors (Lipinski definition) is 6. The van der Waals surface area contributed by atoms with Crippen molar-refractivity contribution in [3.8, 4) is 0 Å². The molecule has 31 heavy (non-hydrogen) atoms. The van der Waals surface area contributed by atoms with Gasteiger partial charge in [-0.1, -0.05) is 41.1 Å². The number of amides is 1. The molecule has 2 aliphatic rings. The number of nitrogens with one attached hydrogen (secondary N) is 1. The van der Waals surface area contributed by atoms with Gasteiger partial charge in [-0.05, 0) is 50.4 Å². The highest BCUT2D eigenvalue weighted by Gasteiger charge is 2.18. The zero-order valence-corrected chi connectivity index (χ0v) is 18.5. The van der Waals surface area contributed by atoms with E-state index in [1.54, 1.807) is 0 Å². The predicted octanol–water partition coefficient (Wildman–Crippen LogP) is 2.81. The Balaban J connectivity index is 1.19. The van der Waals surface area contributed by atoms with Crippen LogP contribution in [0.3, 0.4) is 0 Å². The molecule has 1 amide bonds. The average molecular weight is 424 g/mol. The molecule has 0 spiro atoms. The molecule has 1 aromatic heterocycles. The van der Waals surface area contributed by atoms with E-state index in [4.69, 9.17) is 4.52 Å². The highest BCUT2D eigenvalue weighted by molar-refractivity contribution is 5.76. The van der Waals surface area contributed by atoms with Crippen LogP contribution in [0, 0.1) is 6.92 Å². The fraction of sp³-hybridized carbons (Fsp3) is 0.542. The molecular formula is C24H33N5O2. The molecule has 1 aromatic carbocycles. The van der Waals surface area contributed by atoms with E-state index in [2.05, 4.69) is 62.5 Å². The van der Waals surface area contributed by atoms with Gasteiger partial charge in [0.2, 0.25) is 11.8 Å². The van der Waals surface area contributed by atoms with E-state index < -0.39 is 0 Å². The second-order valence-electron chi connectivity index (χ2n) is 8.61. The van der Waals surface area contributed by atoms with Crippen molar-refractivity contribution in [2.24, 2.45) is 0 Å². The summed E-state index contributed by atoms with van der Waals surface area (Å²) < 4.78 is 5.39. The molecule has 2 aromatic rings. The third kappa shape index (κ3) is 6.48. The lowest BCUT2D eigenvalue weighted by molar-refractivity contribution is -0.121. The van der Waals surface area contributed by atoms with Gasteiger partial charge in [0.15, 0.2) is 5.82 Å². The van der Waals surface area contributed by atoms with E-state index in [1.165, 1.54) is 24.0 Å². The summed E-state index contributed by atoms with van der Waals surface area (Å²) in [4.78, 5) is 21.4. The Kier molecular flexibility index (Phi) is 7.48. The Hall–Kier alpha value is -2.51. The number of aromatic nitrogens is 2. The topological polar surface area (TPSA) is 74.5 Å². The summed E-state index contributed by atoms with van der Waals surface area (Å²) in [6.45, 7) is 8.89. The van der Waals surface area contributed by atoms with E-state index in [0.29, 0.717) is 31.1 Å². The van der Waals surface area contributed by atoms with Gasteiger partial charge in [-0.25, -0.2) is 0 Å². The summed E-state index contributed by atoms with van der Waals surface area (Å²) in [5, 5.41) is 7.13. The summed E-state index contributed by atoms with van der Waals surface area (Å²) in [5.41, 5.74) is 3.77. The van der Waals surface area contributed by atoms with Crippen LogP contribution in [-0.2, 0) is 17.8 Å². The second kappa shape index (κ2) is 10.7. The van der Waals surface area contributed by atoms with Gasteiger partial charge in [-0.15, -0.1) is 0 Å². The van der Waals surface area contributed by atoms with Crippen LogP contribution >= 0.6 is 0 Å². The standard InChI is InChI=1S/C24H33N5O2/c1-19-5-4-6-20(17-19)18-29-14-9-21(10-15-29)24-26-23(31-27-24)8-7-22(30)25-11-16-28-12-2-3-13-28/h4-6,9,17H,2-3,7-8,10-16,18H2,1H3,(H,25,30). The maximum atomic E-state index is 12.1. The van der Waals surface area contributed by atoms with Crippen molar-refractivity contribution in [2.75, 3.05) is 39.3 Å². The zero-order chi connectivity index (χ0) is 21.5. The number of nitrogens with zero attached hydrogens (tertiary/aromatic N) is 4. The third-order valence-corrected chi connectivity index (χ3v) is 6.05. The van der Waals surface area contributed by atoms with Gasteiger partial charge in [-0.3, -0.25) is 9.69 Å². The zero-order valence-electron chi connectivity index (χ0n) is 18.5. The van der Waals surface area contributed by atoms with Gasteiger partial charge < -0.3 is 14.7 Å². The van der Waals surface area contributed by atoms with Gasteiger partial charge >= 0.3 is 0 Å². The molecule has 7 heteroatoms. The van der Waals surface area contributed by atoms with Crippen LogP contribution in [0.1, 0.15) is 48.5 Å². The number of carbonyl (C=O) groups is 1. The first-order chi connectivity index (χ1) is 15.2. The average Bonchev–Trinajstić information content (AvgIpc) is 3.45. The number of hydrogen-bond donors (Lipinski definition) is 1. The van der Waals surface area contributed by atoms with Gasteiger partial charge in [0.05, 0.1) is 0 Å². The Labute approximate surface area is 184 Å². The molecule has 0 bridgehead atoms. The number of rotatable bonds is 9. The molecular weight excluding hydrogens is 390 g/mol. The maximum absolute atomic E-state index is 12.1. The molecule has 0 unspecified atom stereocenters. The van der Waals surface area contributed by atoms with Crippen molar-refractivity contribution >= 4 is 11.5 Å². The predicted molar refractivity (Wildman–Crippen MR) is 120 cm³/mol. The first kappa shape index (κ1) is 21.7. The van der Waals surface area contributed by atoms with Gasteiger partial charge in [-0.2, -0.15) is 4.98 Å². The van der Waals surface area contributed by atoms with E-state index in [-0.39, 0.29) is 5.91 Å². The lowest BCUT2D eigenvalue weighted by atomic mass is 10.1. The van der Waals surface area contributed by atoms with Crippen LogP contribution in [-0.4, -0.2) is 65.1 Å². The lowest BCUT2D eigenvalue weighted by Crippen LogP contribution is -2.33. The molecule has 0 saturated carbocycles. The molecule has 4 rings (SSSR count). The van der Waals surface area contributed by atoms with E-state index >= 15 is 0 Å². The molecule has 0 atom stereocenters. The molecule has 1 fully saturated rings. The van der Waals surface area contributed by atoms with Crippen molar-refractivity contribution in [1.82, 2.24) is 25.3 Å². The molecule has 1 saturated heterocycles. The van der Waals surface area contributed by atoms with Crippen LogP contribution in [0.5, 0.6) is 0 Å². The van der Waals surface area contributed by atoms with Crippen LogP contribution in [0.4, 0.5) is 0 Å². The van der Waals surface area contributed by atoms with Crippen LogP contribution in [0.15, 0.2) is 34.9 Å². The summed E-state index contributed by atoms with van der Waals surface area (Å²) in [7, 11) is 0. The van der Waals surface area contributed by atoms with Crippen molar-refractivity contribution in [3.05, 3.63) is 53.2 Å². The largest absolute Gasteiger partial charge is 0.355 e. The SMILES string of the molecule is Cc1cccc(CN2CC=C(c3noc(CCC(=O)NCCN4CCCC4)n3)CC2)c1. The second-order valence-corrected chi connectivity index (χ2v) is 8.61. The molecule has 0 radical (unpaired) electrons. The normalized spacial score (nSPS) is 17.6. The van der Waals surface area contributed by atoms with Crippen LogP contribution < -0.4 is 5.32 Å². The van der Waals surface area contributed by atoms with E-state index in [1.807, 2.05) is 0 Å². The molecule has 2 aliphatic heterocycles. The number of benzene rings is 1. The third-order valence-electron chi connectivity index (χ3n) is 6.05. The number of likely N-dealkylation sites (tertiary alicyclic amines) is 1. The summed E-state index contributed by atoms with van der Waals surface area (Å²) in [6.07, 6.45) is 6.50. The summed E-state index contributed by atoms with van der Waals surface area (Å²) in [6, 6.07) is 8.67. The monoisotopic (exact) mass is 423 g/mol. The lowest BCUT2D eigenvalue weighted by Gasteiger charge is -2.25. The molecule has 166 valence electrons. The quantitative estimate of drug-likeness (QED) is 0.669. The Morgan fingerprint density at radius 3 is 2.84 bits per heavy atom. The minimum absolute atomic E-state index is 0.0441. The Bertz CT molecular complexity index is 901. The first-order valence-corrected chi connectivity index (χ1v) is 11.4. The van der Waals surface area contributed by atoms with Gasteiger partial charge in [0.1, 0.15) is 0 Å². The Morgan fingerprint density at radius 2 is 2.06 bits per heavy atom. The molecule has 0 aliphatic carbocycles. The van der Waals surface area contributed by atoms with E-state index in [0.717, 1.165) is 51.3 Å².